The number of fused-ring (bicyclic) bond motifs is 1. The highest BCUT2D eigenvalue weighted by Gasteiger charge is 2.36. The van der Waals surface area contributed by atoms with Crippen LogP contribution in [0.5, 0.6) is 0 Å². The normalized spacial score (nSPS) is 14.1. The maximum atomic E-state index is 10.5. The predicted octanol–water partition coefficient (Wildman–Crippen LogP) is 2.31. The molecule has 4 N–H and O–H groups in total. The number of nitrogens with zero attached hydrogens (tertiary/aromatic N) is 3. The van der Waals surface area contributed by atoms with E-state index in [0.29, 0.717) is 43.7 Å². The molecule has 0 spiro atoms. The summed E-state index contributed by atoms with van der Waals surface area (Å²) >= 11 is 0. The van der Waals surface area contributed by atoms with Gasteiger partial charge in [-0.15, -0.1) is 0 Å². The van der Waals surface area contributed by atoms with Crippen molar-refractivity contribution in [3.63, 3.8) is 0 Å². The van der Waals surface area contributed by atoms with Crippen LogP contribution in [0.1, 0.15) is 49.9 Å². The molecule has 2 atom stereocenters. The Labute approximate surface area is 209 Å². The minimum atomic E-state index is -2.60. The van der Waals surface area contributed by atoms with Crippen molar-refractivity contribution in [2.75, 3.05) is 53.4 Å². The number of aliphatic hydroxyl groups is 1. The van der Waals surface area contributed by atoms with Crippen molar-refractivity contribution < 1.29 is 27.9 Å². The molecule has 11 nitrogen and oxygen atoms in total. The first kappa shape index (κ1) is 29.6. The first-order valence-corrected chi connectivity index (χ1v) is 14.1. The predicted molar refractivity (Wildman–Crippen MR) is 137 cm³/mol. The van der Waals surface area contributed by atoms with Crippen molar-refractivity contribution in [3.05, 3.63) is 17.1 Å². The molecule has 35 heavy (non-hydrogen) atoms. The van der Waals surface area contributed by atoms with Crippen molar-refractivity contribution in [2.24, 2.45) is 0 Å². The van der Waals surface area contributed by atoms with Crippen LogP contribution in [0, 0.1) is 13.8 Å². The second-order valence-electron chi connectivity index (χ2n) is 8.40. The smallest absolute Gasteiger partial charge is 0.389 e. The first-order chi connectivity index (χ1) is 16.8. The molecule has 2 aromatic heterocycles. The van der Waals surface area contributed by atoms with E-state index in [9.17, 15) is 5.11 Å². The van der Waals surface area contributed by atoms with E-state index in [1.54, 1.807) is 21.3 Å². The van der Waals surface area contributed by atoms with Crippen LogP contribution in [-0.4, -0.2) is 82.2 Å². The lowest BCUT2D eigenvalue weighted by Gasteiger charge is -2.25. The summed E-state index contributed by atoms with van der Waals surface area (Å²) in [4.78, 5) is 9.19. The molecule has 0 aliphatic rings. The molecular weight excluding hydrogens is 470 g/mol. The van der Waals surface area contributed by atoms with Crippen LogP contribution in [0.3, 0.4) is 0 Å². The summed E-state index contributed by atoms with van der Waals surface area (Å²) in [5.74, 6) is 1.18. The van der Waals surface area contributed by atoms with E-state index >= 15 is 0 Å². The number of aliphatic hydroxyl groups excluding tert-OH is 1. The van der Waals surface area contributed by atoms with Crippen molar-refractivity contribution >= 4 is 25.7 Å². The van der Waals surface area contributed by atoms with Gasteiger partial charge in [-0.2, -0.15) is 0 Å². The maximum absolute atomic E-state index is 10.5. The summed E-state index contributed by atoms with van der Waals surface area (Å²) in [6.07, 6.45) is 0.714. The van der Waals surface area contributed by atoms with Gasteiger partial charge in [-0.05, 0) is 39.2 Å². The second kappa shape index (κ2) is 14.2. The molecular formula is C23H43N5O6Si. The molecule has 0 radical (unpaired) electrons. The van der Waals surface area contributed by atoms with E-state index in [1.165, 1.54) is 0 Å². The van der Waals surface area contributed by atoms with Gasteiger partial charge in [0.1, 0.15) is 17.9 Å². The van der Waals surface area contributed by atoms with Gasteiger partial charge in [0.25, 0.3) is 0 Å². The topological polar surface area (TPSA) is 135 Å². The minimum Gasteiger partial charge on any atom is -0.389 e. The number of hydrogen-bond donors (Lipinski definition) is 3. The molecule has 0 aromatic carbocycles. The number of anilines is 1. The molecule has 0 aliphatic heterocycles. The molecule has 0 saturated carbocycles. The number of aryl methyl sites for hydroxylation is 2. The van der Waals surface area contributed by atoms with Gasteiger partial charge >= 0.3 is 8.80 Å². The van der Waals surface area contributed by atoms with E-state index in [0.717, 1.165) is 35.4 Å². The van der Waals surface area contributed by atoms with Crippen LogP contribution in [0.15, 0.2) is 0 Å². The maximum Gasteiger partial charge on any atom is 0.500 e. The average Bonchev–Trinajstić information content (AvgIpc) is 3.24. The van der Waals surface area contributed by atoms with Gasteiger partial charge < -0.3 is 38.2 Å². The summed E-state index contributed by atoms with van der Waals surface area (Å²) in [5.41, 5.74) is 9.72. The molecule has 12 heteroatoms. The van der Waals surface area contributed by atoms with Crippen LogP contribution < -0.4 is 11.1 Å². The zero-order chi connectivity index (χ0) is 26.0. The lowest BCUT2D eigenvalue weighted by Crippen LogP contribution is -2.42. The Morgan fingerprint density at radius 3 is 2.37 bits per heavy atom. The standard InChI is InChI=1S/C23H43N5O6Si/c1-8-19(25-13-18(29)14-34-11-10-12-35(30-5,31-6)32-7)28-20(15-33-9-2)27-21-22(28)16(3)17(4)26-23(21)24/h18-19,25,29H,8-15H2,1-7H3,(H2,24,26). The molecule has 2 aromatic rings. The Bertz CT molecular complexity index is 915. The summed E-state index contributed by atoms with van der Waals surface area (Å²) in [7, 11) is 2.18. The monoisotopic (exact) mass is 513 g/mol. The van der Waals surface area contributed by atoms with E-state index in [2.05, 4.69) is 21.8 Å². The molecule has 0 bridgehead atoms. The Morgan fingerprint density at radius 1 is 1.09 bits per heavy atom. The van der Waals surface area contributed by atoms with Gasteiger partial charge in [0.15, 0.2) is 5.82 Å². The van der Waals surface area contributed by atoms with Gasteiger partial charge in [-0.3, -0.25) is 5.32 Å². The lowest BCUT2D eigenvalue weighted by atomic mass is 10.2. The molecule has 2 rings (SSSR count). The zero-order valence-corrected chi connectivity index (χ0v) is 23.2. The number of nitrogens with two attached hydrogens (primary N) is 1. The molecule has 0 fully saturated rings. The lowest BCUT2D eigenvalue weighted by molar-refractivity contribution is 0.0323. The third kappa shape index (κ3) is 7.43. The summed E-state index contributed by atoms with van der Waals surface area (Å²) in [6.45, 7) is 10.0. The van der Waals surface area contributed by atoms with Crippen LogP contribution in [0.25, 0.3) is 11.0 Å². The Hall–Kier alpha value is -1.64. The van der Waals surface area contributed by atoms with Crippen molar-refractivity contribution in [1.29, 1.82) is 0 Å². The van der Waals surface area contributed by atoms with Crippen molar-refractivity contribution in [3.8, 4) is 0 Å². The third-order valence-corrected chi connectivity index (χ3v) is 8.98. The van der Waals surface area contributed by atoms with Crippen LogP contribution in [-0.2, 0) is 29.4 Å². The highest BCUT2D eigenvalue weighted by molar-refractivity contribution is 6.60. The molecule has 2 unspecified atom stereocenters. The van der Waals surface area contributed by atoms with Gasteiger partial charge in [0.2, 0.25) is 0 Å². The zero-order valence-electron chi connectivity index (χ0n) is 22.2. The van der Waals surface area contributed by atoms with E-state index < -0.39 is 14.9 Å². The van der Waals surface area contributed by atoms with Gasteiger partial charge in [0.05, 0.1) is 24.4 Å². The summed E-state index contributed by atoms with van der Waals surface area (Å²) in [5, 5.41) is 14.0. The van der Waals surface area contributed by atoms with Crippen LogP contribution >= 0.6 is 0 Å². The largest absolute Gasteiger partial charge is 0.500 e. The van der Waals surface area contributed by atoms with E-state index in [4.69, 9.17) is 33.5 Å². The summed E-state index contributed by atoms with van der Waals surface area (Å²) < 4.78 is 29.7. The average molecular weight is 514 g/mol. The highest BCUT2D eigenvalue weighted by atomic mass is 28.4. The number of ether oxygens (including phenoxy) is 2. The van der Waals surface area contributed by atoms with Gasteiger partial charge in [-0.25, -0.2) is 9.97 Å². The van der Waals surface area contributed by atoms with Gasteiger partial charge in [0, 0.05) is 52.8 Å². The molecule has 2 heterocycles. The third-order valence-electron chi connectivity index (χ3n) is 6.15. The van der Waals surface area contributed by atoms with E-state index in [1.807, 2.05) is 20.8 Å². The molecule has 0 saturated heterocycles. The molecule has 200 valence electrons. The number of rotatable bonds is 17. The Balaban J connectivity index is 2.03. The van der Waals surface area contributed by atoms with E-state index in [-0.39, 0.29) is 12.8 Å². The number of aromatic nitrogens is 3. The quantitative estimate of drug-likeness (QED) is 0.214. The fourth-order valence-electron chi connectivity index (χ4n) is 4.05. The van der Waals surface area contributed by atoms with Gasteiger partial charge in [-0.1, -0.05) is 6.92 Å². The second-order valence-corrected chi connectivity index (χ2v) is 11.5. The molecule has 0 aliphatic carbocycles. The van der Waals surface area contributed by atoms with Crippen LogP contribution in [0.2, 0.25) is 6.04 Å². The minimum absolute atomic E-state index is 0.110. The SMILES string of the molecule is CCOCc1nc2c(N)nc(C)c(C)c2n1C(CC)NCC(O)COCCC[Si](OC)(OC)OC. The number of nitrogen functional groups attached to an aromatic ring is 1. The number of pyridine rings is 1. The Morgan fingerprint density at radius 2 is 1.77 bits per heavy atom. The number of hydrogen-bond acceptors (Lipinski definition) is 10. The number of imidazole rings is 1. The van der Waals surface area contributed by atoms with Crippen molar-refractivity contribution in [2.45, 2.75) is 65.5 Å². The fourth-order valence-corrected chi connectivity index (χ4v) is 5.74. The summed E-state index contributed by atoms with van der Waals surface area (Å²) in [6, 6.07) is 0.649. The highest BCUT2D eigenvalue weighted by Crippen LogP contribution is 2.29. The Kier molecular flexibility index (Phi) is 12.0. The van der Waals surface area contributed by atoms with Crippen LogP contribution in [0.4, 0.5) is 5.82 Å². The fraction of sp³-hybridized carbons (Fsp3) is 0.739. The first-order valence-electron chi connectivity index (χ1n) is 12.1. The molecule has 0 amide bonds. The van der Waals surface area contributed by atoms with Crippen molar-refractivity contribution in [1.82, 2.24) is 19.9 Å². The number of nitrogens with one attached hydrogen (secondary N) is 1.